The van der Waals surface area contributed by atoms with E-state index in [0.717, 1.165) is 5.56 Å². The first-order valence-electron chi connectivity index (χ1n) is 33.9. The Morgan fingerprint density at radius 2 is 1.09 bits per heavy atom. The predicted octanol–water partition coefficient (Wildman–Crippen LogP) is 0.844. The van der Waals surface area contributed by atoms with Crippen LogP contribution in [0.15, 0.2) is 90.1 Å². The van der Waals surface area contributed by atoms with Crippen LogP contribution in [0.4, 0.5) is 5.69 Å². The molecular formula is C69H100N16O15S. The minimum Gasteiger partial charge on any atom is -0.480 e. The summed E-state index contributed by atoms with van der Waals surface area (Å²) in [5.41, 5.74) is 19.6. The first-order valence-corrected chi connectivity index (χ1v) is 34.3. The number of aromatic amines is 1. The molecule has 1 saturated heterocycles. The number of nitrogens with zero attached hydrogens (tertiary/aromatic N) is 4. The number of carboxylic acids is 4. The average molecular weight is 1430 g/mol. The van der Waals surface area contributed by atoms with Crippen LogP contribution in [-0.4, -0.2) is 224 Å². The molecule has 9 atom stereocenters. The Bertz CT molecular complexity index is 3500. The zero-order valence-corrected chi connectivity index (χ0v) is 58.9. The number of hydrogen-bond acceptors (Lipinski definition) is 16. The van der Waals surface area contributed by atoms with Crippen molar-refractivity contribution in [2.45, 2.75) is 154 Å². The lowest BCUT2D eigenvalue weighted by molar-refractivity contribution is -0.142. The normalized spacial score (nSPS) is 16.2. The van der Waals surface area contributed by atoms with Crippen LogP contribution in [-0.2, 0) is 72.0 Å². The SMILES string of the molecule is CC[C@H](C)[C@H](NC(=S)Nc1ccc(CC2CN(CC(=O)O)CCN(CC(=O)O)CCN2CC(=O)O)cc1)C(=O)N[C@@H](Cc1ccccc1)C(=O)N[C@@H](CC(C)C)C(=O)N[C@@H](CC(C)C)C(=O)N[C@@H](Cc1c[nH]c2ccccc12)C(=O)N[C@@H](CCC(N)=O)C(=O)N[C@@H](CCCN=C(N)N)C(=O)O. The molecule has 552 valence electrons. The number of thiocarbonyl (C=S) groups is 1. The van der Waals surface area contributed by atoms with Crippen LogP contribution in [0.1, 0.15) is 103 Å². The number of H-pyrrole nitrogens is 1. The monoisotopic (exact) mass is 1420 g/mol. The van der Waals surface area contributed by atoms with Crippen LogP contribution < -0.4 is 59.7 Å². The van der Waals surface area contributed by atoms with Gasteiger partial charge < -0.3 is 85.1 Å². The van der Waals surface area contributed by atoms with Crippen molar-refractivity contribution in [1.82, 2.24) is 56.9 Å². The number of para-hydroxylation sites is 1. The van der Waals surface area contributed by atoms with Crippen LogP contribution in [0.2, 0.25) is 0 Å². The fourth-order valence-electron chi connectivity index (χ4n) is 11.8. The van der Waals surface area contributed by atoms with Gasteiger partial charge in [0.15, 0.2) is 11.1 Å². The molecule has 1 unspecified atom stereocenters. The Morgan fingerprint density at radius 1 is 0.574 bits per heavy atom. The number of amides is 7. The maximum atomic E-state index is 14.9. The highest BCUT2D eigenvalue weighted by atomic mass is 32.1. The number of primary amides is 1. The van der Waals surface area contributed by atoms with E-state index in [0.29, 0.717) is 40.6 Å². The van der Waals surface area contributed by atoms with Gasteiger partial charge in [0.25, 0.3) is 0 Å². The van der Waals surface area contributed by atoms with E-state index in [2.05, 4.69) is 52.5 Å². The third-order valence-corrected chi connectivity index (χ3v) is 17.4. The summed E-state index contributed by atoms with van der Waals surface area (Å²) in [6.45, 7) is 11.3. The van der Waals surface area contributed by atoms with Crippen molar-refractivity contribution in [2.24, 2.45) is 39.9 Å². The second-order valence-corrected chi connectivity index (χ2v) is 26.8. The number of aliphatic imine (C=N–C) groups is 1. The van der Waals surface area contributed by atoms with Crippen LogP contribution in [0, 0.1) is 17.8 Å². The quantitative estimate of drug-likeness (QED) is 0.0127. The second-order valence-electron chi connectivity index (χ2n) is 26.4. The van der Waals surface area contributed by atoms with Crippen LogP contribution in [0.3, 0.4) is 0 Å². The molecule has 0 bridgehead atoms. The standard InChI is InChI=1S/C69H100N16O15S/c1-7-42(6)60(82-69(101)75-46-21-19-44(20-22-46)32-47-36-84(38-58(89)90)27-26-83(37-57(87)88)28-29-85(47)39-59(91)92)66(98)81-54(33-43-14-9-8-10-15-43)64(96)79-52(30-40(2)3)62(94)78-53(31-41(4)5)63(95)80-55(34-45-35-74-49-17-12-11-16-48(45)49)65(97)76-50(23-24-56(70)86)61(93)77-51(67(99)100)18-13-25-73-68(71)72/h8-12,14-17,19-22,35,40-42,47,50-55,60,74H,7,13,18,23-34,36-39H2,1-6H3,(H2,70,86)(H,76,97)(H,77,93)(H,78,94)(H,79,96)(H,80,95)(H,81,98)(H,87,88)(H,89,90)(H,91,92)(H,99,100)(H4,71,72,73)(H2,75,82,101)/t42-,47?,50-,51-,52-,53-,54-,55-,60-/m0/s1. The van der Waals surface area contributed by atoms with Gasteiger partial charge in [-0.3, -0.25) is 67.6 Å². The van der Waals surface area contributed by atoms with E-state index in [4.69, 9.17) is 29.4 Å². The van der Waals surface area contributed by atoms with Crippen LogP contribution in [0.5, 0.6) is 0 Å². The minimum atomic E-state index is -1.53. The van der Waals surface area contributed by atoms with Gasteiger partial charge in [-0.1, -0.05) is 109 Å². The number of carboxylic acid groups (broad SMARTS) is 4. The predicted molar refractivity (Wildman–Crippen MR) is 383 cm³/mol. The molecule has 0 aliphatic carbocycles. The molecule has 0 saturated carbocycles. The number of nitrogens with one attached hydrogen (secondary N) is 9. The Labute approximate surface area is 592 Å². The Kier molecular flexibility index (Phi) is 33.3. The molecule has 2 heterocycles. The van der Waals surface area contributed by atoms with Crippen molar-refractivity contribution in [3.8, 4) is 0 Å². The zero-order chi connectivity index (χ0) is 74.5. The van der Waals surface area contributed by atoms with Gasteiger partial charge in [0.05, 0.1) is 19.6 Å². The summed E-state index contributed by atoms with van der Waals surface area (Å²) in [6.07, 6.45) is 1.68. The van der Waals surface area contributed by atoms with Gasteiger partial charge in [-0.2, -0.15) is 0 Å². The summed E-state index contributed by atoms with van der Waals surface area (Å²) in [6, 6.07) is 13.4. The molecule has 1 aromatic heterocycles. The highest BCUT2D eigenvalue weighted by Crippen LogP contribution is 2.22. The lowest BCUT2D eigenvalue weighted by Crippen LogP contribution is -2.61. The van der Waals surface area contributed by atoms with Crippen LogP contribution in [0.25, 0.3) is 10.9 Å². The molecule has 101 heavy (non-hydrogen) atoms. The summed E-state index contributed by atoms with van der Waals surface area (Å²) in [4.78, 5) is 160. The zero-order valence-electron chi connectivity index (χ0n) is 58.1. The molecule has 32 heteroatoms. The number of carbonyl (C=O) groups excluding carboxylic acids is 7. The molecule has 4 aromatic rings. The van der Waals surface area contributed by atoms with E-state index in [9.17, 15) is 73.2 Å². The number of aliphatic carboxylic acids is 4. The number of anilines is 1. The number of nitrogens with two attached hydrogens (primary N) is 3. The van der Waals surface area contributed by atoms with Gasteiger partial charge in [0.2, 0.25) is 41.4 Å². The van der Waals surface area contributed by atoms with E-state index in [1.54, 1.807) is 93.7 Å². The number of aromatic nitrogens is 1. The number of benzene rings is 3. The van der Waals surface area contributed by atoms with Gasteiger partial charge in [0, 0.05) is 87.4 Å². The molecule has 0 radical (unpaired) electrons. The van der Waals surface area contributed by atoms with Crippen molar-refractivity contribution >= 4 is 105 Å². The molecule has 1 aliphatic rings. The summed E-state index contributed by atoms with van der Waals surface area (Å²) < 4.78 is 0. The lowest BCUT2D eigenvalue weighted by Gasteiger charge is -2.33. The summed E-state index contributed by atoms with van der Waals surface area (Å²) in [5.74, 6) is -11.2. The highest BCUT2D eigenvalue weighted by molar-refractivity contribution is 7.80. The number of fused-ring (bicyclic) bond motifs is 1. The van der Waals surface area contributed by atoms with Gasteiger partial charge in [-0.25, -0.2) is 4.79 Å². The number of hydrogen-bond donors (Lipinski definition) is 16. The Hall–Kier alpha value is -9.79. The van der Waals surface area contributed by atoms with E-state index < -0.39 is 120 Å². The van der Waals surface area contributed by atoms with E-state index in [1.807, 2.05) is 47.6 Å². The summed E-state index contributed by atoms with van der Waals surface area (Å²) >= 11 is 5.79. The number of carbonyl (C=O) groups is 11. The number of guanidine groups is 1. The first-order chi connectivity index (χ1) is 47.9. The highest BCUT2D eigenvalue weighted by Gasteiger charge is 2.37. The van der Waals surface area contributed by atoms with Gasteiger partial charge in [0.1, 0.15) is 42.3 Å². The largest absolute Gasteiger partial charge is 0.480 e. The Balaban J connectivity index is 1.36. The van der Waals surface area contributed by atoms with Gasteiger partial charge in [-0.15, -0.1) is 0 Å². The Morgan fingerprint density at radius 3 is 1.66 bits per heavy atom. The fraction of sp³-hybridized carbons (Fsp3) is 0.522. The molecule has 31 nitrogen and oxygen atoms in total. The molecule has 1 fully saturated rings. The van der Waals surface area contributed by atoms with Crippen molar-refractivity contribution in [2.75, 3.05) is 64.2 Å². The summed E-state index contributed by atoms with van der Waals surface area (Å²) in [5, 5.41) is 62.6. The second kappa shape index (κ2) is 41.1. The van der Waals surface area contributed by atoms with Gasteiger partial charge >= 0.3 is 23.9 Å². The number of rotatable bonds is 40. The minimum absolute atomic E-state index is 0.0173. The molecular weight excluding hydrogens is 1320 g/mol. The first kappa shape index (κ1) is 81.9. The van der Waals surface area contributed by atoms with Crippen LogP contribution >= 0.6 is 12.2 Å². The van der Waals surface area contributed by atoms with Crippen molar-refractivity contribution < 1.29 is 73.2 Å². The maximum absolute atomic E-state index is 14.9. The van der Waals surface area contributed by atoms with E-state index in [1.165, 1.54) is 0 Å². The molecule has 3 aromatic carbocycles. The van der Waals surface area contributed by atoms with E-state index >= 15 is 0 Å². The smallest absolute Gasteiger partial charge is 0.326 e. The van der Waals surface area contributed by atoms with Crippen molar-refractivity contribution in [3.05, 3.63) is 102 Å². The molecule has 5 rings (SSSR count). The third kappa shape index (κ3) is 28.8. The average Bonchev–Trinajstić information content (AvgIpc) is 1.74. The fourth-order valence-corrected chi connectivity index (χ4v) is 12.0. The summed E-state index contributed by atoms with van der Waals surface area (Å²) in [7, 11) is 0. The van der Waals surface area contributed by atoms with Crippen molar-refractivity contribution in [1.29, 1.82) is 0 Å². The van der Waals surface area contributed by atoms with E-state index in [-0.39, 0.29) is 133 Å². The third-order valence-electron chi connectivity index (χ3n) is 17.1. The van der Waals surface area contributed by atoms with Gasteiger partial charge in [-0.05, 0) is 103 Å². The molecule has 0 spiro atoms. The molecule has 7 amide bonds. The topological polar surface area (TPSA) is 481 Å². The maximum Gasteiger partial charge on any atom is 0.326 e. The molecule has 1 aliphatic heterocycles. The molecule has 19 N–H and O–H groups in total. The van der Waals surface area contributed by atoms with Crippen molar-refractivity contribution in [3.63, 3.8) is 0 Å². The lowest BCUT2D eigenvalue weighted by atomic mass is 9.97.